The van der Waals surface area contributed by atoms with Crippen LogP contribution in [0.25, 0.3) is 28.2 Å². The van der Waals surface area contributed by atoms with Crippen molar-refractivity contribution in [3.05, 3.63) is 79.6 Å². The van der Waals surface area contributed by atoms with Crippen LogP contribution in [0.1, 0.15) is 6.92 Å². The third kappa shape index (κ3) is 4.68. The Labute approximate surface area is 213 Å². The van der Waals surface area contributed by atoms with E-state index in [0.29, 0.717) is 19.0 Å². The van der Waals surface area contributed by atoms with Gasteiger partial charge in [0.2, 0.25) is 11.9 Å². The Morgan fingerprint density at radius 1 is 0.838 bits per heavy atom. The quantitative estimate of drug-likeness (QED) is 0.397. The lowest BCUT2D eigenvalue weighted by atomic mass is 10.1. The second-order valence-corrected chi connectivity index (χ2v) is 8.81. The smallest absolute Gasteiger partial charge is 0.227 e. The maximum absolute atomic E-state index is 11.6. The lowest BCUT2D eigenvalue weighted by molar-refractivity contribution is -0.129. The summed E-state index contributed by atoms with van der Waals surface area (Å²) < 4.78 is 2.03. The standard InChI is InChI=1S/C27H25N9O/c1-19(37)34-12-14-35(15-13-34)25-5-3-22(16-30-25)32-27-29-11-8-23(33-27)24-17-31-26-4-2-21(18-36(24)26)20-6-9-28-10-7-20/h2-11,16-18H,12-15H2,1H3,(H,29,32,33). The molecule has 0 saturated carbocycles. The number of fused-ring (bicyclic) bond motifs is 1. The number of anilines is 3. The summed E-state index contributed by atoms with van der Waals surface area (Å²) in [6, 6.07) is 13.8. The molecule has 1 saturated heterocycles. The topological polar surface area (TPSA) is 104 Å². The van der Waals surface area contributed by atoms with Gasteiger partial charge in [-0.15, -0.1) is 0 Å². The van der Waals surface area contributed by atoms with E-state index < -0.39 is 0 Å². The van der Waals surface area contributed by atoms with Gasteiger partial charge < -0.3 is 15.1 Å². The molecule has 10 nitrogen and oxygen atoms in total. The predicted octanol–water partition coefficient (Wildman–Crippen LogP) is 3.66. The van der Waals surface area contributed by atoms with Crippen LogP contribution in [0.4, 0.5) is 17.5 Å². The largest absolute Gasteiger partial charge is 0.353 e. The predicted molar refractivity (Wildman–Crippen MR) is 141 cm³/mol. The molecular formula is C27H25N9O. The molecule has 0 aromatic carbocycles. The van der Waals surface area contributed by atoms with Gasteiger partial charge in [0.25, 0.3) is 0 Å². The minimum Gasteiger partial charge on any atom is -0.353 e. The van der Waals surface area contributed by atoms with Gasteiger partial charge in [0.1, 0.15) is 11.5 Å². The van der Waals surface area contributed by atoms with Gasteiger partial charge in [-0.05, 0) is 53.6 Å². The van der Waals surface area contributed by atoms with Gasteiger partial charge in [0.15, 0.2) is 0 Å². The Morgan fingerprint density at radius 3 is 2.43 bits per heavy atom. The molecule has 0 unspecified atom stereocenters. The van der Waals surface area contributed by atoms with Gasteiger partial charge in [-0.25, -0.2) is 19.9 Å². The first-order chi connectivity index (χ1) is 18.1. The highest BCUT2D eigenvalue weighted by Gasteiger charge is 2.19. The fourth-order valence-corrected chi connectivity index (χ4v) is 4.47. The summed E-state index contributed by atoms with van der Waals surface area (Å²) in [7, 11) is 0. The molecule has 5 aromatic rings. The minimum atomic E-state index is 0.118. The number of carbonyl (C=O) groups is 1. The molecule has 0 aliphatic carbocycles. The number of nitrogens with one attached hydrogen (secondary N) is 1. The van der Waals surface area contributed by atoms with E-state index >= 15 is 0 Å². The van der Waals surface area contributed by atoms with Crippen LogP contribution in [0.15, 0.2) is 79.6 Å². The number of amides is 1. The Kier molecular flexibility index (Phi) is 5.89. The van der Waals surface area contributed by atoms with Crippen molar-refractivity contribution in [3.8, 4) is 22.5 Å². The van der Waals surface area contributed by atoms with Crippen molar-refractivity contribution in [2.75, 3.05) is 36.4 Å². The molecular weight excluding hydrogens is 466 g/mol. The van der Waals surface area contributed by atoms with Crippen molar-refractivity contribution >= 4 is 29.0 Å². The average Bonchev–Trinajstić information content (AvgIpc) is 3.38. The molecule has 1 fully saturated rings. The molecule has 37 heavy (non-hydrogen) atoms. The molecule has 0 radical (unpaired) electrons. The monoisotopic (exact) mass is 491 g/mol. The van der Waals surface area contributed by atoms with E-state index in [1.807, 2.05) is 58.0 Å². The summed E-state index contributed by atoms with van der Waals surface area (Å²) in [5, 5.41) is 3.25. The van der Waals surface area contributed by atoms with Crippen LogP contribution >= 0.6 is 0 Å². The van der Waals surface area contributed by atoms with Gasteiger partial charge in [0, 0.05) is 57.9 Å². The summed E-state index contributed by atoms with van der Waals surface area (Å²) in [5.74, 6) is 1.48. The maximum Gasteiger partial charge on any atom is 0.227 e. The van der Waals surface area contributed by atoms with Crippen molar-refractivity contribution in [1.29, 1.82) is 0 Å². The van der Waals surface area contributed by atoms with Gasteiger partial charge in [-0.2, -0.15) is 0 Å². The Bertz CT molecular complexity index is 1540. The first-order valence-electron chi connectivity index (χ1n) is 12.1. The van der Waals surface area contributed by atoms with Crippen molar-refractivity contribution in [1.82, 2.24) is 34.2 Å². The highest BCUT2D eigenvalue weighted by molar-refractivity contribution is 5.73. The molecule has 184 valence electrons. The van der Waals surface area contributed by atoms with Crippen LogP contribution in [-0.4, -0.2) is 66.3 Å². The Morgan fingerprint density at radius 2 is 1.68 bits per heavy atom. The highest BCUT2D eigenvalue weighted by Crippen LogP contribution is 2.25. The van der Waals surface area contributed by atoms with E-state index in [2.05, 4.69) is 36.3 Å². The SMILES string of the molecule is CC(=O)N1CCN(c2ccc(Nc3nccc(-c4cnc5ccc(-c6ccncc6)cn45)n3)cn2)CC1. The molecule has 6 heterocycles. The zero-order chi connectivity index (χ0) is 25.2. The van der Waals surface area contributed by atoms with E-state index in [1.165, 1.54) is 0 Å². The zero-order valence-corrected chi connectivity index (χ0v) is 20.3. The molecule has 0 atom stereocenters. The molecule has 6 rings (SSSR count). The number of hydrogen-bond donors (Lipinski definition) is 1. The number of imidazole rings is 1. The summed E-state index contributed by atoms with van der Waals surface area (Å²) >= 11 is 0. The van der Waals surface area contributed by atoms with E-state index in [4.69, 9.17) is 4.98 Å². The van der Waals surface area contributed by atoms with Gasteiger partial charge >= 0.3 is 0 Å². The molecule has 1 amide bonds. The van der Waals surface area contributed by atoms with Gasteiger partial charge in [-0.3, -0.25) is 14.2 Å². The van der Waals surface area contributed by atoms with Crippen LogP contribution in [0.2, 0.25) is 0 Å². The fraction of sp³-hybridized carbons (Fsp3) is 0.185. The van der Waals surface area contributed by atoms with Crippen molar-refractivity contribution in [3.63, 3.8) is 0 Å². The van der Waals surface area contributed by atoms with Gasteiger partial charge in [0.05, 0.1) is 29.5 Å². The van der Waals surface area contributed by atoms with Crippen LogP contribution in [0, 0.1) is 0 Å². The zero-order valence-electron chi connectivity index (χ0n) is 20.3. The number of piperazine rings is 1. The third-order valence-corrected chi connectivity index (χ3v) is 6.49. The number of rotatable bonds is 5. The van der Waals surface area contributed by atoms with Crippen LogP contribution in [0.3, 0.4) is 0 Å². The number of aromatic nitrogens is 6. The second kappa shape index (κ2) is 9.65. The Hall–Kier alpha value is -4.86. The molecule has 10 heteroatoms. The lowest BCUT2D eigenvalue weighted by Crippen LogP contribution is -2.48. The van der Waals surface area contributed by atoms with E-state index in [0.717, 1.165) is 52.8 Å². The number of hydrogen-bond acceptors (Lipinski definition) is 8. The van der Waals surface area contributed by atoms with Crippen LogP contribution < -0.4 is 10.2 Å². The lowest BCUT2D eigenvalue weighted by Gasteiger charge is -2.34. The molecule has 5 aromatic heterocycles. The fourth-order valence-electron chi connectivity index (χ4n) is 4.47. The van der Waals surface area contributed by atoms with E-state index in [9.17, 15) is 4.79 Å². The molecule has 1 aliphatic heterocycles. The minimum absolute atomic E-state index is 0.118. The summed E-state index contributed by atoms with van der Waals surface area (Å²) in [4.78, 5) is 38.0. The van der Waals surface area contributed by atoms with E-state index in [-0.39, 0.29) is 5.91 Å². The normalized spacial score (nSPS) is 13.6. The Balaban J connectivity index is 1.20. The highest BCUT2D eigenvalue weighted by atomic mass is 16.2. The van der Waals surface area contributed by atoms with Gasteiger partial charge in [-0.1, -0.05) is 0 Å². The average molecular weight is 492 g/mol. The third-order valence-electron chi connectivity index (χ3n) is 6.49. The number of pyridine rings is 3. The van der Waals surface area contributed by atoms with E-state index in [1.54, 1.807) is 31.7 Å². The first kappa shape index (κ1) is 22.6. The number of nitrogens with zero attached hydrogens (tertiary/aromatic N) is 8. The number of carbonyl (C=O) groups excluding carboxylic acids is 1. The second-order valence-electron chi connectivity index (χ2n) is 8.81. The summed E-state index contributed by atoms with van der Waals surface area (Å²) in [6.45, 7) is 4.58. The van der Waals surface area contributed by atoms with Crippen molar-refractivity contribution in [2.24, 2.45) is 0 Å². The summed E-state index contributed by atoms with van der Waals surface area (Å²) in [6.07, 6.45) is 10.9. The van der Waals surface area contributed by atoms with Crippen LogP contribution in [-0.2, 0) is 4.79 Å². The van der Waals surface area contributed by atoms with Crippen molar-refractivity contribution < 1.29 is 4.79 Å². The van der Waals surface area contributed by atoms with Crippen LogP contribution in [0.5, 0.6) is 0 Å². The molecule has 1 N–H and O–H groups in total. The molecule has 0 bridgehead atoms. The maximum atomic E-state index is 11.6. The first-order valence-corrected chi connectivity index (χ1v) is 12.1. The molecule has 1 aliphatic rings. The summed E-state index contributed by atoms with van der Waals surface area (Å²) in [5.41, 5.74) is 5.40. The van der Waals surface area contributed by atoms with Crippen molar-refractivity contribution in [2.45, 2.75) is 6.92 Å². The molecule has 0 spiro atoms.